The van der Waals surface area contributed by atoms with E-state index in [-0.39, 0.29) is 0 Å². The average molecular weight is 313 g/mol. The molecule has 0 aromatic heterocycles. The van der Waals surface area contributed by atoms with E-state index in [4.69, 9.17) is 4.74 Å². The van der Waals surface area contributed by atoms with E-state index >= 15 is 0 Å². The molecular weight excluding hydrogens is 286 g/mol. The quantitative estimate of drug-likeness (QED) is 0.695. The van der Waals surface area contributed by atoms with Crippen molar-refractivity contribution in [1.29, 1.82) is 0 Å². The standard InChI is InChI=1S/C20H27NO2/c1-3-4-16-23-19-12-10-17(11-13-19)20(22)14-15-21(2)18-8-6-5-7-9-18/h5-13,20,22H,3-4,14-16H2,1-2H3. The van der Waals surface area contributed by atoms with Crippen LogP contribution in [0.1, 0.15) is 37.9 Å². The average Bonchev–Trinajstić information content (AvgIpc) is 2.61. The zero-order valence-electron chi connectivity index (χ0n) is 14.1. The van der Waals surface area contributed by atoms with Gasteiger partial charge < -0.3 is 14.7 Å². The highest BCUT2D eigenvalue weighted by Crippen LogP contribution is 2.21. The van der Waals surface area contributed by atoms with Gasteiger partial charge in [0, 0.05) is 19.3 Å². The van der Waals surface area contributed by atoms with Crippen molar-refractivity contribution in [1.82, 2.24) is 0 Å². The number of rotatable bonds is 9. The molecule has 0 bridgehead atoms. The number of ether oxygens (including phenoxy) is 1. The number of unbranched alkanes of at least 4 members (excludes halogenated alkanes) is 1. The van der Waals surface area contributed by atoms with Crippen LogP contribution in [0.2, 0.25) is 0 Å². The summed E-state index contributed by atoms with van der Waals surface area (Å²) in [5.74, 6) is 0.871. The van der Waals surface area contributed by atoms with Gasteiger partial charge in [-0.15, -0.1) is 0 Å². The number of hydrogen-bond donors (Lipinski definition) is 1. The second-order valence-corrected chi connectivity index (χ2v) is 5.83. The maximum absolute atomic E-state index is 10.4. The molecule has 3 nitrogen and oxygen atoms in total. The SMILES string of the molecule is CCCCOc1ccc(C(O)CCN(C)c2ccccc2)cc1. The second kappa shape index (κ2) is 9.21. The molecule has 0 spiro atoms. The lowest BCUT2D eigenvalue weighted by Gasteiger charge is -2.21. The number of nitrogens with zero attached hydrogens (tertiary/aromatic N) is 1. The van der Waals surface area contributed by atoms with Crippen LogP contribution in [0.25, 0.3) is 0 Å². The Hall–Kier alpha value is -2.00. The van der Waals surface area contributed by atoms with Crippen LogP contribution < -0.4 is 9.64 Å². The lowest BCUT2D eigenvalue weighted by molar-refractivity contribution is 0.169. The minimum Gasteiger partial charge on any atom is -0.494 e. The molecule has 2 rings (SSSR count). The van der Waals surface area contributed by atoms with Crippen LogP contribution in [-0.4, -0.2) is 25.3 Å². The Morgan fingerprint density at radius 2 is 1.74 bits per heavy atom. The molecule has 0 aliphatic carbocycles. The van der Waals surface area contributed by atoms with Crippen LogP contribution in [0.4, 0.5) is 5.69 Å². The highest BCUT2D eigenvalue weighted by atomic mass is 16.5. The fourth-order valence-corrected chi connectivity index (χ4v) is 2.41. The number of aliphatic hydroxyl groups is 1. The lowest BCUT2D eigenvalue weighted by atomic mass is 10.1. The van der Waals surface area contributed by atoms with Gasteiger partial charge in [0.15, 0.2) is 0 Å². The first-order chi connectivity index (χ1) is 11.2. The maximum Gasteiger partial charge on any atom is 0.119 e. The van der Waals surface area contributed by atoms with E-state index in [1.165, 1.54) is 5.69 Å². The molecular formula is C20H27NO2. The summed E-state index contributed by atoms with van der Waals surface area (Å²) in [6.45, 7) is 3.70. The van der Waals surface area contributed by atoms with E-state index in [0.717, 1.165) is 37.3 Å². The molecule has 0 radical (unpaired) electrons. The van der Waals surface area contributed by atoms with Crippen molar-refractivity contribution >= 4 is 5.69 Å². The van der Waals surface area contributed by atoms with Gasteiger partial charge in [-0.05, 0) is 42.7 Å². The van der Waals surface area contributed by atoms with Gasteiger partial charge in [0.25, 0.3) is 0 Å². The first kappa shape index (κ1) is 17.4. The zero-order chi connectivity index (χ0) is 16.5. The predicted octanol–water partition coefficient (Wildman–Crippen LogP) is 4.43. The maximum atomic E-state index is 10.4. The molecule has 2 aromatic rings. The second-order valence-electron chi connectivity index (χ2n) is 5.83. The fourth-order valence-electron chi connectivity index (χ4n) is 2.41. The Balaban J connectivity index is 1.82. The minimum absolute atomic E-state index is 0.453. The number of anilines is 1. The molecule has 0 saturated heterocycles. The van der Waals surface area contributed by atoms with Gasteiger partial charge in [-0.25, -0.2) is 0 Å². The van der Waals surface area contributed by atoms with Gasteiger partial charge in [-0.3, -0.25) is 0 Å². The smallest absolute Gasteiger partial charge is 0.119 e. The van der Waals surface area contributed by atoms with Crippen molar-refractivity contribution in [2.45, 2.75) is 32.3 Å². The molecule has 1 atom stereocenters. The summed E-state index contributed by atoms with van der Waals surface area (Å²) < 4.78 is 5.65. The van der Waals surface area contributed by atoms with Gasteiger partial charge in [0.2, 0.25) is 0 Å². The van der Waals surface area contributed by atoms with Crippen LogP contribution in [0.15, 0.2) is 54.6 Å². The molecule has 0 heterocycles. The van der Waals surface area contributed by atoms with E-state index in [9.17, 15) is 5.11 Å². The molecule has 1 unspecified atom stereocenters. The minimum atomic E-state index is -0.453. The third-order valence-corrected chi connectivity index (χ3v) is 3.97. The molecule has 0 saturated carbocycles. The summed E-state index contributed by atoms with van der Waals surface area (Å²) in [6, 6.07) is 18.0. The van der Waals surface area contributed by atoms with Gasteiger partial charge in [0.05, 0.1) is 12.7 Å². The first-order valence-corrected chi connectivity index (χ1v) is 8.37. The Morgan fingerprint density at radius 1 is 1.04 bits per heavy atom. The molecule has 124 valence electrons. The van der Waals surface area contributed by atoms with Crippen LogP contribution in [0, 0.1) is 0 Å². The first-order valence-electron chi connectivity index (χ1n) is 8.37. The molecule has 0 amide bonds. The van der Waals surface area contributed by atoms with Gasteiger partial charge >= 0.3 is 0 Å². The largest absolute Gasteiger partial charge is 0.494 e. The molecule has 2 aromatic carbocycles. The van der Waals surface area contributed by atoms with Crippen LogP contribution in [0.5, 0.6) is 5.75 Å². The molecule has 0 aliphatic heterocycles. The lowest BCUT2D eigenvalue weighted by Crippen LogP contribution is -2.20. The van der Waals surface area contributed by atoms with Crippen molar-refractivity contribution in [3.63, 3.8) is 0 Å². The van der Waals surface area contributed by atoms with Crippen molar-refractivity contribution < 1.29 is 9.84 Å². The van der Waals surface area contributed by atoms with Crippen LogP contribution in [-0.2, 0) is 0 Å². The third-order valence-electron chi connectivity index (χ3n) is 3.97. The van der Waals surface area contributed by atoms with E-state index in [2.05, 4.69) is 24.0 Å². The molecule has 1 N–H and O–H groups in total. The third kappa shape index (κ3) is 5.61. The molecule has 0 fully saturated rings. The summed E-state index contributed by atoms with van der Waals surface area (Å²) in [5.41, 5.74) is 2.11. The van der Waals surface area contributed by atoms with E-state index in [0.29, 0.717) is 6.42 Å². The number of hydrogen-bond acceptors (Lipinski definition) is 3. The van der Waals surface area contributed by atoms with E-state index < -0.39 is 6.10 Å². The van der Waals surface area contributed by atoms with Crippen molar-refractivity contribution in [2.75, 3.05) is 25.1 Å². The molecule has 23 heavy (non-hydrogen) atoms. The highest BCUT2D eigenvalue weighted by Gasteiger charge is 2.09. The monoisotopic (exact) mass is 313 g/mol. The zero-order valence-corrected chi connectivity index (χ0v) is 14.1. The van der Waals surface area contributed by atoms with Gasteiger partial charge in [-0.2, -0.15) is 0 Å². The summed E-state index contributed by atoms with van der Waals surface area (Å²) in [4.78, 5) is 2.16. The number of para-hydroxylation sites is 1. The summed E-state index contributed by atoms with van der Waals surface area (Å²) in [6.07, 6.45) is 2.44. The summed E-state index contributed by atoms with van der Waals surface area (Å²) in [7, 11) is 2.05. The van der Waals surface area contributed by atoms with Gasteiger partial charge in [0.1, 0.15) is 5.75 Å². The fraction of sp³-hybridized carbons (Fsp3) is 0.400. The Labute approximate surface area is 139 Å². The van der Waals surface area contributed by atoms with Crippen molar-refractivity contribution in [2.24, 2.45) is 0 Å². The highest BCUT2D eigenvalue weighted by molar-refractivity contribution is 5.44. The normalized spacial score (nSPS) is 12.0. The topological polar surface area (TPSA) is 32.7 Å². The van der Waals surface area contributed by atoms with Crippen LogP contribution >= 0.6 is 0 Å². The summed E-state index contributed by atoms with van der Waals surface area (Å²) in [5, 5.41) is 10.4. The molecule has 3 heteroatoms. The van der Waals surface area contributed by atoms with E-state index in [1.807, 2.05) is 49.5 Å². The van der Waals surface area contributed by atoms with Crippen molar-refractivity contribution in [3.05, 3.63) is 60.2 Å². The van der Waals surface area contributed by atoms with Crippen molar-refractivity contribution in [3.8, 4) is 5.75 Å². The number of aliphatic hydroxyl groups excluding tert-OH is 1. The Kier molecular flexibility index (Phi) is 6.95. The Morgan fingerprint density at radius 3 is 2.39 bits per heavy atom. The van der Waals surface area contributed by atoms with Gasteiger partial charge in [-0.1, -0.05) is 43.7 Å². The van der Waals surface area contributed by atoms with Crippen LogP contribution in [0.3, 0.4) is 0 Å². The summed E-state index contributed by atoms with van der Waals surface area (Å²) >= 11 is 0. The van der Waals surface area contributed by atoms with E-state index in [1.54, 1.807) is 0 Å². The Bertz CT molecular complexity index is 554. The molecule has 0 aliphatic rings. The number of benzene rings is 2. The predicted molar refractivity (Wildman–Crippen MR) is 96.1 cm³/mol.